The minimum absolute atomic E-state index is 0.0290. The summed E-state index contributed by atoms with van der Waals surface area (Å²) in [6.07, 6.45) is -0.0290. The molecule has 8 heteroatoms. The number of nitrogens with one attached hydrogen (secondary N) is 2. The van der Waals surface area contributed by atoms with Crippen LogP contribution in [0.25, 0.3) is 0 Å². The van der Waals surface area contributed by atoms with Gasteiger partial charge < -0.3 is 10.1 Å². The van der Waals surface area contributed by atoms with Crippen molar-refractivity contribution >= 4 is 23.5 Å². The van der Waals surface area contributed by atoms with Crippen molar-refractivity contribution in [1.29, 1.82) is 0 Å². The van der Waals surface area contributed by atoms with Crippen LogP contribution in [0.4, 0.5) is 11.6 Å². The highest BCUT2D eigenvalue weighted by atomic mass is 16.5. The van der Waals surface area contributed by atoms with Gasteiger partial charge in [0.1, 0.15) is 17.6 Å². The fraction of sp³-hybridized carbons (Fsp3) is 0.333. The molecule has 2 heterocycles. The summed E-state index contributed by atoms with van der Waals surface area (Å²) < 4.78 is 6.68. The molecule has 0 fully saturated rings. The Morgan fingerprint density at radius 3 is 2.96 bits per heavy atom. The van der Waals surface area contributed by atoms with Crippen molar-refractivity contribution in [2.45, 2.75) is 26.3 Å². The molecule has 8 nitrogen and oxygen atoms in total. The van der Waals surface area contributed by atoms with Crippen molar-refractivity contribution < 1.29 is 14.3 Å². The lowest BCUT2D eigenvalue weighted by Gasteiger charge is -2.13. The van der Waals surface area contributed by atoms with E-state index in [2.05, 4.69) is 20.7 Å². The minimum atomic E-state index is -0.693. The van der Waals surface area contributed by atoms with E-state index in [4.69, 9.17) is 4.74 Å². The molecule has 0 radical (unpaired) electrons. The third-order valence-corrected chi connectivity index (χ3v) is 3.58. The second kappa shape index (κ2) is 5.71. The summed E-state index contributed by atoms with van der Waals surface area (Å²) in [5.74, 6) is 0.905. The van der Waals surface area contributed by atoms with Crippen LogP contribution in [0.1, 0.15) is 23.9 Å². The van der Waals surface area contributed by atoms with Gasteiger partial charge in [-0.15, -0.1) is 0 Å². The van der Waals surface area contributed by atoms with Crippen LogP contribution in [0.15, 0.2) is 18.2 Å². The lowest BCUT2D eigenvalue weighted by Crippen LogP contribution is -2.24. The van der Waals surface area contributed by atoms with Gasteiger partial charge in [0.05, 0.1) is 19.2 Å². The number of aromatic nitrogens is 3. The first-order valence-electron chi connectivity index (χ1n) is 7.16. The van der Waals surface area contributed by atoms with Crippen molar-refractivity contribution in [3.63, 3.8) is 0 Å². The van der Waals surface area contributed by atoms with E-state index < -0.39 is 6.04 Å². The fourth-order valence-electron chi connectivity index (χ4n) is 2.51. The number of methoxy groups -OCH3 is 1. The Bertz CT molecular complexity index is 783. The maximum Gasteiger partial charge on any atom is 0.252 e. The third-order valence-electron chi connectivity index (χ3n) is 3.58. The molecule has 0 bridgehead atoms. The largest absolute Gasteiger partial charge is 0.495 e. The molecular weight excluding hydrogens is 298 g/mol. The van der Waals surface area contributed by atoms with Gasteiger partial charge in [-0.1, -0.05) is 6.07 Å². The summed E-state index contributed by atoms with van der Waals surface area (Å²) in [5.41, 5.74) is 1.57. The number of hydrogen-bond donors (Lipinski definition) is 2. The van der Waals surface area contributed by atoms with Crippen LogP contribution in [0.5, 0.6) is 5.75 Å². The molecule has 2 N–H and O–H groups in total. The lowest BCUT2D eigenvalue weighted by atomic mass is 10.1. The zero-order chi connectivity index (χ0) is 16.6. The molecule has 1 aromatic carbocycles. The number of aryl methyl sites for hydroxylation is 2. The fourth-order valence-corrected chi connectivity index (χ4v) is 2.51. The molecule has 0 saturated carbocycles. The van der Waals surface area contributed by atoms with Gasteiger partial charge in [-0.05, 0) is 31.5 Å². The lowest BCUT2D eigenvalue weighted by molar-refractivity contribution is -0.123. The normalized spacial score (nSPS) is 16.0. The topological polar surface area (TPSA) is 98.1 Å². The number of nitrogens with zero attached hydrogens (tertiary/aromatic N) is 3. The number of ether oxygens (including phenoxy) is 1. The Hall–Kier alpha value is -2.90. The number of carbonyl (C=O) groups is 2. The number of amides is 2. The molecule has 1 aliphatic rings. The second-order valence-corrected chi connectivity index (χ2v) is 5.39. The SMILES string of the molecule is COc1ccc(C)cc1NC(=O)C[C@H]1C(=O)Nc2nc(C)nn21. The van der Waals surface area contributed by atoms with Crippen LogP contribution in [0, 0.1) is 13.8 Å². The van der Waals surface area contributed by atoms with Gasteiger partial charge in [0, 0.05) is 0 Å². The Morgan fingerprint density at radius 1 is 1.43 bits per heavy atom. The van der Waals surface area contributed by atoms with Crippen molar-refractivity contribution in [2.75, 3.05) is 17.7 Å². The number of carbonyl (C=O) groups excluding carboxylic acids is 2. The summed E-state index contributed by atoms with van der Waals surface area (Å²) in [6.45, 7) is 3.65. The number of anilines is 2. The summed E-state index contributed by atoms with van der Waals surface area (Å²) in [4.78, 5) is 28.3. The van der Waals surface area contributed by atoms with Gasteiger partial charge in [0.15, 0.2) is 0 Å². The summed E-state index contributed by atoms with van der Waals surface area (Å²) in [7, 11) is 1.54. The smallest absolute Gasteiger partial charge is 0.252 e. The minimum Gasteiger partial charge on any atom is -0.495 e. The van der Waals surface area contributed by atoms with Gasteiger partial charge in [-0.2, -0.15) is 10.1 Å². The molecule has 0 spiro atoms. The quantitative estimate of drug-likeness (QED) is 0.889. The molecular formula is C15H17N5O3. The van der Waals surface area contributed by atoms with Gasteiger partial charge >= 0.3 is 0 Å². The predicted molar refractivity (Wildman–Crippen MR) is 83.4 cm³/mol. The molecule has 23 heavy (non-hydrogen) atoms. The van der Waals surface area contributed by atoms with E-state index in [9.17, 15) is 9.59 Å². The first-order chi connectivity index (χ1) is 11.0. The van der Waals surface area contributed by atoms with Gasteiger partial charge in [0.2, 0.25) is 11.9 Å². The van der Waals surface area contributed by atoms with E-state index in [1.807, 2.05) is 19.1 Å². The summed E-state index contributed by atoms with van der Waals surface area (Å²) in [5, 5.41) is 9.55. The van der Waals surface area contributed by atoms with Crippen LogP contribution in [-0.2, 0) is 9.59 Å². The van der Waals surface area contributed by atoms with Crippen LogP contribution in [0.3, 0.4) is 0 Å². The molecule has 2 aromatic rings. The van der Waals surface area contributed by atoms with Gasteiger partial charge in [-0.3, -0.25) is 14.9 Å². The molecule has 3 rings (SSSR count). The Morgan fingerprint density at radius 2 is 2.22 bits per heavy atom. The van der Waals surface area contributed by atoms with Gasteiger partial charge in [-0.25, -0.2) is 4.68 Å². The molecule has 0 aliphatic carbocycles. The number of benzene rings is 1. The zero-order valence-corrected chi connectivity index (χ0v) is 13.1. The average Bonchev–Trinajstić information content (AvgIpc) is 2.97. The zero-order valence-electron chi connectivity index (χ0n) is 13.1. The van der Waals surface area contributed by atoms with Crippen LogP contribution in [0.2, 0.25) is 0 Å². The third kappa shape index (κ3) is 2.87. The molecule has 1 aliphatic heterocycles. The Kier molecular flexibility index (Phi) is 3.73. The van der Waals surface area contributed by atoms with E-state index >= 15 is 0 Å². The molecule has 0 unspecified atom stereocenters. The van der Waals surface area contributed by atoms with E-state index in [1.54, 1.807) is 13.0 Å². The molecule has 1 atom stereocenters. The second-order valence-electron chi connectivity index (χ2n) is 5.39. The van der Waals surface area contributed by atoms with Crippen molar-refractivity contribution in [1.82, 2.24) is 14.8 Å². The van der Waals surface area contributed by atoms with E-state index in [-0.39, 0.29) is 18.2 Å². The van der Waals surface area contributed by atoms with Crippen molar-refractivity contribution in [3.05, 3.63) is 29.6 Å². The number of fused-ring (bicyclic) bond motifs is 1. The summed E-state index contributed by atoms with van der Waals surface area (Å²) >= 11 is 0. The van der Waals surface area contributed by atoms with Crippen LogP contribution < -0.4 is 15.4 Å². The van der Waals surface area contributed by atoms with Crippen molar-refractivity contribution in [2.24, 2.45) is 0 Å². The molecule has 0 saturated heterocycles. The van der Waals surface area contributed by atoms with E-state index in [0.29, 0.717) is 23.2 Å². The molecule has 2 amide bonds. The van der Waals surface area contributed by atoms with Crippen molar-refractivity contribution in [3.8, 4) is 5.75 Å². The average molecular weight is 315 g/mol. The highest BCUT2D eigenvalue weighted by molar-refractivity contribution is 6.01. The highest BCUT2D eigenvalue weighted by Gasteiger charge is 2.34. The predicted octanol–water partition coefficient (Wildman–Crippen LogP) is 1.43. The Balaban J connectivity index is 1.75. The molecule has 120 valence electrons. The first kappa shape index (κ1) is 15.0. The van der Waals surface area contributed by atoms with E-state index in [0.717, 1.165) is 5.56 Å². The highest BCUT2D eigenvalue weighted by Crippen LogP contribution is 2.28. The Labute approximate surface area is 132 Å². The maximum absolute atomic E-state index is 12.3. The van der Waals surface area contributed by atoms with Gasteiger partial charge in [0.25, 0.3) is 5.91 Å². The maximum atomic E-state index is 12.3. The number of hydrogen-bond acceptors (Lipinski definition) is 5. The van der Waals surface area contributed by atoms with Crippen LogP contribution >= 0.6 is 0 Å². The standard InChI is InChI=1S/C15H17N5O3/c1-8-4-5-12(23-3)10(6-8)17-13(21)7-11-14(22)18-15-16-9(2)19-20(11)15/h4-6,11H,7H2,1-3H3,(H,17,21)(H,16,18,19,22)/t11-/m0/s1. The molecule has 1 aromatic heterocycles. The van der Waals surface area contributed by atoms with E-state index in [1.165, 1.54) is 11.8 Å². The first-order valence-corrected chi connectivity index (χ1v) is 7.16. The monoisotopic (exact) mass is 315 g/mol. The van der Waals surface area contributed by atoms with Crippen LogP contribution in [-0.4, -0.2) is 33.7 Å². The number of rotatable bonds is 4. The summed E-state index contributed by atoms with van der Waals surface area (Å²) in [6, 6.07) is 4.80.